The van der Waals surface area contributed by atoms with Crippen molar-refractivity contribution in [2.45, 2.75) is 33.5 Å². The van der Waals surface area contributed by atoms with Gasteiger partial charge in [-0.05, 0) is 31.6 Å². The molecule has 3 rings (SSSR count). The highest BCUT2D eigenvalue weighted by molar-refractivity contribution is 7.80. The summed E-state index contributed by atoms with van der Waals surface area (Å²) in [7, 11) is 1.60. The van der Waals surface area contributed by atoms with Crippen molar-refractivity contribution in [1.29, 1.82) is 0 Å². The maximum atomic E-state index is 12.8. The summed E-state index contributed by atoms with van der Waals surface area (Å²) in [5.41, 5.74) is 0.453. The molecule has 136 valence electrons. The van der Waals surface area contributed by atoms with Crippen LogP contribution in [0.25, 0.3) is 10.2 Å². The van der Waals surface area contributed by atoms with Crippen LogP contribution >= 0.6 is 23.6 Å². The summed E-state index contributed by atoms with van der Waals surface area (Å²) < 4.78 is 8.09. The van der Waals surface area contributed by atoms with Crippen LogP contribution < -0.4 is 16.6 Å². The fourth-order valence-corrected chi connectivity index (χ4v) is 4.67. The van der Waals surface area contributed by atoms with Crippen LogP contribution in [0.5, 0.6) is 0 Å². The molecule has 7 nitrogen and oxygen atoms in total. The minimum atomic E-state index is -0.275. The molecule has 0 saturated carbocycles. The summed E-state index contributed by atoms with van der Waals surface area (Å²) >= 11 is 6.82. The van der Waals surface area contributed by atoms with E-state index in [-0.39, 0.29) is 11.2 Å². The number of aromatic nitrogens is 2. The zero-order valence-corrected chi connectivity index (χ0v) is 16.3. The molecule has 0 spiro atoms. The molecule has 0 radical (unpaired) electrons. The van der Waals surface area contributed by atoms with Gasteiger partial charge in [-0.1, -0.05) is 0 Å². The fraction of sp³-hybridized carbons (Fsp3) is 0.562. The number of methoxy groups -OCH3 is 1. The Labute approximate surface area is 154 Å². The Balaban J connectivity index is 2.17. The highest BCUT2D eigenvalue weighted by Gasteiger charge is 2.22. The molecule has 25 heavy (non-hydrogen) atoms. The van der Waals surface area contributed by atoms with Crippen molar-refractivity contribution >= 4 is 38.9 Å². The van der Waals surface area contributed by atoms with Crippen molar-refractivity contribution in [3.8, 4) is 0 Å². The first-order chi connectivity index (χ1) is 12.0. The predicted octanol–water partition coefficient (Wildman–Crippen LogP) is 0.890. The molecule has 0 unspecified atom stereocenters. The number of hydrogen-bond acceptors (Lipinski definition) is 5. The Morgan fingerprint density at radius 3 is 2.68 bits per heavy atom. The summed E-state index contributed by atoms with van der Waals surface area (Å²) in [5.74, 6) is 0. The molecular weight excluding hydrogens is 360 g/mol. The average Bonchev–Trinajstić information content (AvgIpc) is 3.12. The van der Waals surface area contributed by atoms with Gasteiger partial charge >= 0.3 is 5.69 Å². The van der Waals surface area contributed by atoms with Gasteiger partial charge in [-0.15, -0.1) is 11.3 Å². The predicted molar refractivity (Wildman–Crippen MR) is 104 cm³/mol. The molecule has 2 aromatic heterocycles. The van der Waals surface area contributed by atoms with Gasteiger partial charge in [0, 0.05) is 31.6 Å². The van der Waals surface area contributed by atoms with Crippen LogP contribution in [0.15, 0.2) is 9.59 Å². The van der Waals surface area contributed by atoms with Crippen molar-refractivity contribution in [2.75, 3.05) is 26.8 Å². The Morgan fingerprint density at radius 2 is 2.08 bits per heavy atom. The molecule has 1 fully saturated rings. The molecule has 1 N–H and O–H groups in total. The van der Waals surface area contributed by atoms with Crippen LogP contribution in [0, 0.1) is 6.92 Å². The zero-order valence-electron chi connectivity index (χ0n) is 14.6. The first kappa shape index (κ1) is 18.1. The molecule has 1 saturated heterocycles. The number of aryl methyl sites for hydroxylation is 1. The van der Waals surface area contributed by atoms with Crippen LogP contribution in [0.3, 0.4) is 0 Å². The number of ether oxygens (including phenoxy) is 1. The van der Waals surface area contributed by atoms with Crippen molar-refractivity contribution < 1.29 is 4.74 Å². The zero-order chi connectivity index (χ0) is 18.1. The second-order valence-corrected chi connectivity index (χ2v) is 7.43. The second-order valence-electron chi connectivity index (χ2n) is 5.96. The first-order valence-electron chi connectivity index (χ1n) is 8.26. The van der Waals surface area contributed by atoms with E-state index in [9.17, 15) is 9.59 Å². The minimum absolute atomic E-state index is 0.210. The van der Waals surface area contributed by atoms with Crippen molar-refractivity contribution in [2.24, 2.45) is 0 Å². The lowest BCUT2D eigenvalue weighted by atomic mass is 10.2. The van der Waals surface area contributed by atoms with E-state index >= 15 is 0 Å². The summed E-state index contributed by atoms with van der Waals surface area (Å²) in [5, 5.41) is 4.52. The third kappa shape index (κ3) is 3.11. The summed E-state index contributed by atoms with van der Waals surface area (Å²) in [6.07, 6.45) is 0. The molecule has 9 heteroatoms. The molecule has 0 aliphatic carbocycles. The standard InChI is InChI=1S/C16H22N4O3S2/c1-4-19-13(21)12-10(2)11(9-18-6-5-17-15(18)24)25-14(12)20(16(19)22)7-8-23-3/h4-9H2,1-3H3,(H,17,24). The number of thiocarbonyl (C=S) groups is 1. The molecule has 0 aromatic carbocycles. The highest BCUT2D eigenvalue weighted by atomic mass is 32.1. The monoisotopic (exact) mass is 382 g/mol. The van der Waals surface area contributed by atoms with Crippen molar-refractivity contribution in [3.63, 3.8) is 0 Å². The fourth-order valence-electron chi connectivity index (χ4n) is 3.09. The Bertz CT molecular complexity index is 928. The number of nitrogens with zero attached hydrogens (tertiary/aromatic N) is 3. The van der Waals surface area contributed by atoms with Gasteiger partial charge in [0.1, 0.15) is 4.83 Å². The van der Waals surface area contributed by atoms with Crippen LogP contribution in [0.4, 0.5) is 0 Å². The summed E-state index contributed by atoms with van der Waals surface area (Å²) in [4.78, 5) is 29.4. The van der Waals surface area contributed by atoms with E-state index in [1.807, 2.05) is 13.8 Å². The van der Waals surface area contributed by atoms with Gasteiger partial charge in [-0.3, -0.25) is 13.9 Å². The Kier molecular flexibility index (Phi) is 5.26. The van der Waals surface area contributed by atoms with Gasteiger partial charge in [-0.2, -0.15) is 0 Å². The van der Waals surface area contributed by atoms with Crippen LogP contribution in [-0.2, 0) is 24.4 Å². The Morgan fingerprint density at radius 1 is 1.32 bits per heavy atom. The number of thiophene rings is 1. The smallest absolute Gasteiger partial charge is 0.332 e. The number of hydrogen-bond donors (Lipinski definition) is 1. The lowest BCUT2D eigenvalue weighted by Gasteiger charge is -2.15. The average molecular weight is 383 g/mol. The van der Waals surface area contributed by atoms with Crippen LogP contribution in [-0.4, -0.2) is 46.0 Å². The molecule has 0 bridgehead atoms. The van der Waals surface area contributed by atoms with E-state index in [2.05, 4.69) is 10.2 Å². The van der Waals surface area contributed by atoms with Gasteiger partial charge in [0.05, 0.1) is 25.1 Å². The normalized spacial score (nSPS) is 14.5. The number of nitrogens with one attached hydrogen (secondary N) is 1. The van der Waals surface area contributed by atoms with Crippen LogP contribution in [0.1, 0.15) is 17.4 Å². The number of fused-ring (bicyclic) bond motifs is 1. The van der Waals surface area contributed by atoms with Gasteiger partial charge in [-0.25, -0.2) is 4.79 Å². The maximum absolute atomic E-state index is 12.8. The third-order valence-electron chi connectivity index (χ3n) is 4.51. The minimum Gasteiger partial charge on any atom is -0.383 e. The van der Waals surface area contributed by atoms with Gasteiger partial charge in [0.25, 0.3) is 5.56 Å². The molecule has 1 aliphatic rings. The van der Waals surface area contributed by atoms with E-state index in [0.717, 1.165) is 33.5 Å². The molecular formula is C16H22N4O3S2. The highest BCUT2D eigenvalue weighted by Crippen LogP contribution is 2.29. The van der Waals surface area contributed by atoms with E-state index < -0.39 is 0 Å². The van der Waals surface area contributed by atoms with Gasteiger partial charge in [0.2, 0.25) is 0 Å². The summed E-state index contributed by atoms with van der Waals surface area (Å²) in [6.45, 7) is 7.30. The van der Waals surface area contributed by atoms with Crippen LogP contribution in [0.2, 0.25) is 0 Å². The third-order valence-corrected chi connectivity index (χ3v) is 6.21. The van der Waals surface area contributed by atoms with Gasteiger partial charge < -0.3 is 15.0 Å². The van der Waals surface area contributed by atoms with Crippen molar-refractivity contribution in [3.05, 3.63) is 31.3 Å². The quantitative estimate of drug-likeness (QED) is 0.749. The van der Waals surface area contributed by atoms with E-state index in [4.69, 9.17) is 17.0 Å². The largest absolute Gasteiger partial charge is 0.383 e. The van der Waals surface area contributed by atoms with Gasteiger partial charge in [0.15, 0.2) is 5.11 Å². The molecule has 1 aliphatic heterocycles. The second kappa shape index (κ2) is 7.27. The van der Waals surface area contributed by atoms with E-state index in [1.54, 1.807) is 11.7 Å². The molecule has 0 amide bonds. The SMILES string of the molecule is CCn1c(=O)c2c(C)c(CN3CCNC3=S)sc2n(CCOC)c1=O. The topological polar surface area (TPSA) is 68.5 Å². The maximum Gasteiger partial charge on any atom is 0.332 e. The lowest BCUT2D eigenvalue weighted by Crippen LogP contribution is -2.39. The lowest BCUT2D eigenvalue weighted by molar-refractivity contribution is 0.186. The molecule has 3 heterocycles. The van der Waals surface area contributed by atoms with E-state index in [0.29, 0.717) is 31.6 Å². The first-order valence-corrected chi connectivity index (χ1v) is 9.49. The molecule has 0 atom stereocenters. The summed E-state index contributed by atoms with van der Waals surface area (Å²) in [6, 6.07) is 0. The number of rotatable bonds is 6. The van der Waals surface area contributed by atoms with E-state index in [1.165, 1.54) is 15.9 Å². The molecule has 2 aromatic rings. The Hall–Kier alpha value is -1.71. The van der Waals surface area contributed by atoms with Crippen molar-refractivity contribution in [1.82, 2.24) is 19.4 Å².